The highest BCUT2D eigenvalue weighted by Crippen LogP contribution is 2.17. The molecule has 0 saturated carbocycles. The Bertz CT molecular complexity index is 747. The van der Waals surface area contributed by atoms with E-state index >= 15 is 0 Å². The van der Waals surface area contributed by atoms with Crippen molar-refractivity contribution in [3.05, 3.63) is 70.3 Å². The maximum Gasteiger partial charge on any atom is 0.365 e. The maximum absolute atomic E-state index is 12.5. The molecule has 0 aliphatic carbocycles. The van der Waals surface area contributed by atoms with Crippen LogP contribution < -0.4 is 0 Å². The van der Waals surface area contributed by atoms with Gasteiger partial charge in [0, 0.05) is 0 Å². The number of hydrogen-bond acceptors (Lipinski definition) is 3. The number of unbranched alkanes of at least 4 members (excludes halogenated alkanes) is 2. The van der Waals surface area contributed by atoms with Crippen molar-refractivity contribution >= 4 is 12.2 Å². The van der Waals surface area contributed by atoms with E-state index in [0.29, 0.717) is 5.56 Å². The minimum atomic E-state index is -0.386. The second-order valence-electron chi connectivity index (χ2n) is 6.91. The van der Waals surface area contributed by atoms with Crippen molar-refractivity contribution in [2.24, 2.45) is 5.16 Å². The fourth-order valence-corrected chi connectivity index (χ4v) is 3.08. The predicted molar refractivity (Wildman–Crippen MR) is 112 cm³/mol. The summed E-state index contributed by atoms with van der Waals surface area (Å²) in [7, 11) is 0. The van der Waals surface area contributed by atoms with E-state index in [9.17, 15) is 4.79 Å². The van der Waals surface area contributed by atoms with Crippen molar-refractivity contribution in [1.29, 1.82) is 0 Å². The third-order valence-electron chi connectivity index (χ3n) is 4.70. The van der Waals surface area contributed by atoms with E-state index in [4.69, 9.17) is 4.84 Å². The Balaban J connectivity index is 2.03. The molecule has 0 bridgehead atoms. The van der Waals surface area contributed by atoms with E-state index < -0.39 is 0 Å². The number of aryl methyl sites for hydroxylation is 3. The van der Waals surface area contributed by atoms with E-state index in [2.05, 4.69) is 44.1 Å². The quantitative estimate of drug-likeness (QED) is 0.220. The molecule has 3 heteroatoms. The molecule has 0 N–H and O–H groups in total. The van der Waals surface area contributed by atoms with Gasteiger partial charge in [0.1, 0.15) is 0 Å². The average molecular weight is 366 g/mol. The Hall–Kier alpha value is -2.42. The van der Waals surface area contributed by atoms with Gasteiger partial charge in [0.05, 0.1) is 11.8 Å². The van der Waals surface area contributed by atoms with Crippen LogP contribution in [0.3, 0.4) is 0 Å². The van der Waals surface area contributed by atoms with Gasteiger partial charge in [0.25, 0.3) is 0 Å². The topological polar surface area (TPSA) is 38.7 Å². The molecule has 2 aromatic carbocycles. The first kappa shape index (κ1) is 20.9. The summed E-state index contributed by atoms with van der Waals surface area (Å²) in [6.07, 6.45) is 9.05. The van der Waals surface area contributed by atoms with E-state index in [-0.39, 0.29) is 5.97 Å². The second kappa shape index (κ2) is 11.3. The number of carbonyl (C=O) groups excluding carboxylic acids is 1. The first-order chi connectivity index (χ1) is 13.2. The van der Waals surface area contributed by atoms with Gasteiger partial charge in [-0.15, -0.1) is 0 Å². The normalized spacial score (nSPS) is 11.1. The van der Waals surface area contributed by atoms with Crippen LogP contribution in [-0.2, 0) is 24.1 Å². The molecule has 2 rings (SSSR count). The van der Waals surface area contributed by atoms with E-state index in [1.165, 1.54) is 11.1 Å². The zero-order chi connectivity index (χ0) is 19.5. The van der Waals surface area contributed by atoms with Gasteiger partial charge in [0.2, 0.25) is 0 Å². The summed E-state index contributed by atoms with van der Waals surface area (Å²) in [5.74, 6) is -0.386. The van der Waals surface area contributed by atoms with Crippen molar-refractivity contribution in [3.8, 4) is 0 Å². The fraction of sp³-hybridized carbons (Fsp3) is 0.417. The average Bonchev–Trinajstić information content (AvgIpc) is 2.69. The van der Waals surface area contributed by atoms with Gasteiger partial charge in [-0.1, -0.05) is 81.6 Å². The molecule has 0 radical (unpaired) electrons. The summed E-state index contributed by atoms with van der Waals surface area (Å²) in [4.78, 5) is 17.7. The summed E-state index contributed by atoms with van der Waals surface area (Å²) >= 11 is 0. The second-order valence-corrected chi connectivity index (χ2v) is 6.91. The summed E-state index contributed by atoms with van der Waals surface area (Å²) in [6, 6.07) is 14.2. The predicted octanol–water partition coefficient (Wildman–Crippen LogP) is 6.13. The largest absolute Gasteiger partial charge is 0.365 e. The van der Waals surface area contributed by atoms with E-state index in [1.807, 2.05) is 24.3 Å². The molecule has 0 spiro atoms. The highest BCUT2D eigenvalue weighted by Gasteiger charge is 2.13. The number of rotatable bonds is 10. The van der Waals surface area contributed by atoms with Gasteiger partial charge in [-0.25, -0.2) is 4.79 Å². The molecule has 0 unspecified atom stereocenters. The van der Waals surface area contributed by atoms with E-state index in [0.717, 1.165) is 56.1 Å². The lowest BCUT2D eigenvalue weighted by Gasteiger charge is -2.09. The zero-order valence-electron chi connectivity index (χ0n) is 16.8. The zero-order valence-corrected chi connectivity index (χ0v) is 16.8. The van der Waals surface area contributed by atoms with Crippen LogP contribution in [0.25, 0.3) is 0 Å². The highest BCUT2D eigenvalue weighted by molar-refractivity contribution is 5.91. The number of carbonyl (C=O) groups is 1. The summed E-state index contributed by atoms with van der Waals surface area (Å²) in [6.45, 7) is 6.47. The number of benzene rings is 2. The van der Waals surface area contributed by atoms with Crippen molar-refractivity contribution in [2.45, 2.75) is 65.7 Å². The van der Waals surface area contributed by atoms with Crippen LogP contribution in [-0.4, -0.2) is 12.2 Å². The molecule has 0 aromatic heterocycles. The van der Waals surface area contributed by atoms with E-state index in [1.54, 1.807) is 6.21 Å². The maximum atomic E-state index is 12.5. The molecule has 0 aliphatic rings. The SMILES string of the molecule is CCCCCc1cc(CC)ccc1C(=O)ON=Cc1ccc(CCC)cc1. The van der Waals surface area contributed by atoms with Gasteiger partial charge in [-0.05, 0) is 54.0 Å². The number of nitrogens with zero attached hydrogens (tertiary/aromatic N) is 1. The Morgan fingerprint density at radius 3 is 2.33 bits per heavy atom. The minimum absolute atomic E-state index is 0.386. The van der Waals surface area contributed by atoms with Crippen LogP contribution in [0.15, 0.2) is 47.6 Å². The van der Waals surface area contributed by atoms with Crippen LogP contribution >= 0.6 is 0 Å². The van der Waals surface area contributed by atoms with Crippen molar-refractivity contribution in [2.75, 3.05) is 0 Å². The van der Waals surface area contributed by atoms with Crippen molar-refractivity contribution in [1.82, 2.24) is 0 Å². The van der Waals surface area contributed by atoms with Gasteiger partial charge in [-0.3, -0.25) is 0 Å². The minimum Gasteiger partial charge on any atom is -0.313 e. The summed E-state index contributed by atoms with van der Waals surface area (Å²) in [5.41, 5.74) is 5.16. The lowest BCUT2D eigenvalue weighted by molar-refractivity contribution is 0.0518. The van der Waals surface area contributed by atoms with Crippen LogP contribution in [0.5, 0.6) is 0 Å². The molecule has 0 fully saturated rings. The lowest BCUT2D eigenvalue weighted by Crippen LogP contribution is -2.06. The Kier molecular flexibility index (Phi) is 8.76. The van der Waals surface area contributed by atoms with Gasteiger partial charge in [-0.2, -0.15) is 0 Å². The molecule has 0 heterocycles. The van der Waals surface area contributed by atoms with Crippen LogP contribution in [0.2, 0.25) is 0 Å². The Morgan fingerprint density at radius 1 is 0.926 bits per heavy atom. The molecule has 0 saturated heterocycles. The molecular weight excluding hydrogens is 334 g/mol. The van der Waals surface area contributed by atoms with Gasteiger partial charge < -0.3 is 4.84 Å². The van der Waals surface area contributed by atoms with Crippen molar-refractivity contribution in [3.63, 3.8) is 0 Å². The lowest BCUT2D eigenvalue weighted by atomic mass is 9.98. The molecule has 144 valence electrons. The molecule has 0 amide bonds. The van der Waals surface area contributed by atoms with Crippen LogP contribution in [0, 0.1) is 0 Å². The standard InChI is InChI=1S/C24H31NO2/c1-4-7-8-10-22-17-19(6-3)15-16-23(22)24(26)27-25-18-21-13-11-20(9-5-2)12-14-21/h11-18H,4-10H2,1-3H3. The van der Waals surface area contributed by atoms with Crippen LogP contribution in [0.1, 0.15) is 79.1 Å². The number of hydrogen-bond donors (Lipinski definition) is 0. The fourth-order valence-electron chi connectivity index (χ4n) is 3.08. The molecule has 27 heavy (non-hydrogen) atoms. The van der Waals surface area contributed by atoms with Gasteiger partial charge in [0.15, 0.2) is 0 Å². The summed E-state index contributed by atoms with van der Waals surface area (Å²) < 4.78 is 0. The first-order valence-corrected chi connectivity index (χ1v) is 10.1. The first-order valence-electron chi connectivity index (χ1n) is 10.1. The molecule has 0 atom stereocenters. The van der Waals surface area contributed by atoms with Gasteiger partial charge >= 0.3 is 5.97 Å². The number of oxime groups is 1. The smallest absolute Gasteiger partial charge is 0.313 e. The third kappa shape index (κ3) is 6.67. The van der Waals surface area contributed by atoms with Crippen molar-refractivity contribution < 1.29 is 9.63 Å². The Labute approximate surface area is 163 Å². The molecular formula is C24H31NO2. The Morgan fingerprint density at radius 2 is 1.67 bits per heavy atom. The monoisotopic (exact) mass is 365 g/mol. The molecule has 3 nitrogen and oxygen atoms in total. The van der Waals surface area contributed by atoms with Crippen LogP contribution in [0.4, 0.5) is 0 Å². The molecule has 2 aromatic rings. The summed E-state index contributed by atoms with van der Waals surface area (Å²) in [5, 5.41) is 3.90. The third-order valence-corrected chi connectivity index (χ3v) is 4.70. The highest BCUT2D eigenvalue weighted by atomic mass is 16.7. The molecule has 0 aliphatic heterocycles.